The van der Waals surface area contributed by atoms with Gasteiger partial charge < -0.3 is 10.6 Å². The predicted octanol–water partition coefficient (Wildman–Crippen LogP) is 3.67. The summed E-state index contributed by atoms with van der Waals surface area (Å²) in [6.45, 7) is 3.24. The second-order valence-corrected chi connectivity index (χ2v) is 8.33. The third-order valence-corrected chi connectivity index (χ3v) is 5.74. The molecule has 0 atom stereocenters. The van der Waals surface area contributed by atoms with E-state index in [1.165, 1.54) is 18.2 Å². The Balaban J connectivity index is 0.00000392. The molecule has 0 aliphatic carbocycles. The van der Waals surface area contributed by atoms with E-state index >= 15 is 0 Å². The van der Waals surface area contributed by atoms with Crippen LogP contribution in [0.3, 0.4) is 0 Å². The van der Waals surface area contributed by atoms with Crippen molar-refractivity contribution in [3.8, 4) is 0 Å². The van der Waals surface area contributed by atoms with Crippen molar-refractivity contribution in [3.63, 3.8) is 0 Å². The molecule has 0 bridgehead atoms. The van der Waals surface area contributed by atoms with Crippen LogP contribution in [0.5, 0.6) is 0 Å². The first-order chi connectivity index (χ1) is 12.9. The number of aliphatic imine (C=N–C) groups is 1. The second kappa shape index (κ2) is 12.2. The molecule has 2 N–H and O–H groups in total. The monoisotopic (exact) mass is 539 g/mol. The summed E-state index contributed by atoms with van der Waals surface area (Å²) in [5, 5.41) is 6.91. The number of hydrogen-bond donors (Lipinski definition) is 2. The molecule has 0 spiro atoms. The summed E-state index contributed by atoms with van der Waals surface area (Å²) in [5.74, 6) is -0.480. The molecule has 0 aliphatic heterocycles. The molecule has 0 radical (unpaired) electrons. The van der Waals surface area contributed by atoms with Gasteiger partial charge in [-0.2, -0.15) is 0 Å². The van der Waals surface area contributed by atoms with Crippen LogP contribution < -0.4 is 10.6 Å². The molecule has 0 saturated carbocycles. The first-order valence-electron chi connectivity index (χ1n) is 8.66. The zero-order chi connectivity index (χ0) is 19.7. The van der Waals surface area contributed by atoms with Gasteiger partial charge in [0.15, 0.2) is 15.8 Å². The standard InChI is InChI=1S/C19H23ClFN3O2S.HI/c1-2-22-19(23-12-11-15-7-9-16(20)10-8-15)24-13-14-27(25,26)18-6-4-3-5-17(18)21;/h3-10H,2,11-14H2,1H3,(H2,22,23,24);1H. The van der Waals surface area contributed by atoms with Crippen molar-refractivity contribution in [1.29, 1.82) is 0 Å². The molecule has 2 aromatic rings. The SMILES string of the molecule is CCNC(=NCCS(=O)(=O)c1ccccc1F)NCCc1ccc(Cl)cc1.I. The van der Waals surface area contributed by atoms with E-state index < -0.39 is 15.7 Å². The van der Waals surface area contributed by atoms with Crippen molar-refractivity contribution in [2.75, 3.05) is 25.4 Å². The van der Waals surface area contributed by atoms with Crippen molar-refractivity contribution in [2.45, 2.75) is 18.2 Å². The number of guanidine groups is 1. The zero-order valence-electron chi connectivity index (χ0n) is 15.5. The Hall–Kier alpha value is -1.39. The Bertz CT molecular complexity index is 877. The van der Waals surface area contributed by atoms with Crippen LogP contribution in [0.2, 0.25) is 5.02 Å². The number of hydrogen-bond acceptors (Lipinski definition) is 3. The molecule has 9 heteroatoms. The highest BCUT2D eigenvalue weighted by atomic mass is 127. The summed E-state index contributed by atoms with van der Waals surface area (Å²) in [5.41, 5.74) is 1.13. The Morgan fingerprint density at radius 2 is 1.79 bits per heavy atom. The molecule has 0 aliphatic rings. The van der Waals surface area contributed by atoms with Gasteiger partial charge >= 0.3 is 0 Å². The molecule has 2 rings (SSSR count). The van der Waals surface area contributed by atoms with Crippen molar-refractivity contribution in [3.05, 3.63) is 64.9 Å². The maximum absolute atomic E-state index is 13.7. The third kappa shape index (κ3) is 7.92. The molecule has 5 nitrogen and oxygen atoms in total. The van der Waals surface area contributed by atoms with Crippen LogP contribution in [0.4, 0.5) is 4.39 Å². The molecule has 0 saturated heterocycles. The smallest absolute Gasteiger partial charge is 0.191 e. The quantitative estimate of drug-likeness (QED) is 0.305. The fourth-order valence-corrected chi connectivity index (χ4v) is 3.73. The Labute approximate surface area is 187 Å². The second-order valence-electron chi connectivity index (χ2n) is 5.81. The van der Waals surface area contributed by atoms with Crippen LogP contribution in [0, 0.1) is 5.82 Å². The van der Waals surface area contributed by atoms with Gasteiger partial charge in [0, 0.05) is 18.1 Å². The molecule has 0 amide bonds. The number of nitrogens with zero attached hydrogens (tertiary/aromatic N) is 1. The Morgan fingerprint density at radius 1 is 1.11 bits per heavy atom. The maximum Gasteiger partial charge on any atom is 0.191 e. The lowest BCUT2D eigenvalue weighted by molar-refractivity contribution is 0.567. The molecule has 0 fully saturated rings. The lowest BCUT2D eigenvalue weighted by atomic mass is 10.1. The van der Waals surface area contributed by atoms with E-state index in [-0.39, 0.29) is 41.2 Å². The molecule has 0 heterocycles. The summed E-state index contributed by atoms with van der Waals surface area (Å²) in [6, 6.07) is 12.9. The summed E-state index contributed by atoms with van der Waals surface area (Å²) in [6.07, 6.45) is 0.773. The van der Waals surface area contributed by atoms with E-state index in [1.54, 1.807) is 0 Å². The van der Waals surface area contributed by atoms with Gasteiger partial charge in [-0.15, -0.1) is 24.0 Å². The van der Waals surface area contributed by atoms with E-state index in [4.69, 9.17) is 11.6 Å². The van der Waals surface area contributed by atoms with Gasteiger partial charge in [0.2, 0.25) is 0 Å². The minimum atomic E-state index is -3.72. The van der Waals surface area contributed by atoms with Crippen molar-refractivity contribution < 1.29 is 12.8 Å². The lowest BCUT2D eigenvalue weighted by Crippen LogP contribution is -2.38. The van der Waals surface area contributed by atoms with Gasteiger partial charge in [0.25, 0.3) is 0 Å². The van der Waals surface area contributed by atoms with E-state index in [2.05, 4.69) is 15.6 Å². The Morgan fingerprint density at radius 3 is 2.43 bits per heavy atom. The van der Waals surface area contributed by atoms with Crippen LogP contribution in [0.1, 0.15) is 12.5 Å². The zero-order valence-corrected chi connectivity index (χ0v) is 19.4. The van der Waals surface area contributed by atoms with Gasteiger partial charge in [-0.05, 0) is 43.2 Å². The minimum Gasteiger partial charge on any atom is -0.357 e. The van der Waals surface area contributed by atoms with Crippen LogP contribution in [0.25, 0.3) is 0 Å². The summed E-state index contributed by atoms with van der Waals surface area (Å²) < 4.78 is 38.2. The number of rotatable bonds is 8. The molecule has 28 heavy (non-hydrogen) atoms. The Kier molecular flexibility index (Phi) is 10.8. The van der Waals surface area contributed by atoms with Gasteiger partial charge in [0.05, 0.1) is 12.3 Å². The molecule has 154 valence electrons. The first-order valence-corrected chi connectivity index (χ1v) is 10.7. The van der Waals surface area contributed by atoms with Crippen LogP contribution >= 0.6 is 35.6 Å². The summed E-state index contributed by atoms with van der Waals surface area (Å²) in [4.78, 5) is 3.98. The number of sulfone groups is 1. The number of nitrogens with one attached hydrogen (secondary N) is 2. The van der Waals surface area contributed by atoms with Gasteiger partial charge in [-0.25, -0.2) is 12.8 Å². The third-order valence-electron chi connectivity index (χ3n) is 3.77. The van der Waals surface area contributed by atoms with Gasteiger partial charge in [-0.1, -0.05) is 35.9 Å². The van der Waals surface area contributed by atoms with Crippen LogP contribution in [-0.4, -0.2) is 39.8 Å². The van der Waals surface area contributed by atoms with E-state index in [0.717, 1.165) is 18.1 Å². The predicted molar refractivity (Wildman–Crippen MR) is 123 cm³/mol. The lowest BCUT2D eigenvalue weighted by Gasteiger charge is -2.11. The van der Waals surface area contributed by atoms with Crippen molar-refractivity contribution in [2.24, 2.45) is 4.99 Å². The van der Waals surface area contributed by atoms with Gasteiger partial charge in [-0.3, -0.25) is 4.99 Å². The number of halogens is 3. The molecular formula is C19H24ClFIN3O2S. The summed E-state index contributed by atoms with van der Waals surface area (Å²) >= 11 is 5.87. The summed E-state index contributed by atoms with van der Waals surface area (Å²) in [7, 11) is -3.72. The number of benzene rings is 2. The molecule has 2 aromatic carbocycles. The average Bonchev–Trinajstić information content (AvgIpc) is 2.63. The fraction of sp³-hybridized carbons (Fsp3) is 0.316. The first kappa shape index (κ1) is 24.6. The molecule has 0 aromatic heterocycles. The highest BCUT2D eigenvalue weighted by Crippen LogP contribution is 2.15. The van der Waals surface area contributed by atoms with Crippen molar-refractivity contribution >= 4 is 51.4 Å². The van der Waals surface area contributed by atoms with E-state index in [1.807, 2.05) is 31.2 Å². The van der Waals surface area contributed by atoms with Gasteiger partial charge in [0.1, 0.15) is 10.7 Å². The highest BCUT2D eigenvalue weighted by Gasteiger charge is 2.18. The molecular weight excluding hydrogens is 516 g/mol. The van der Waals surface area contributed by atoms with Crippen LogP contribution in [-0.2, 0) is 16.3 Å². The maximum atomic E-state index is 13.7. The van der Waals surface area contributed by atoms with E-state index in [0.29, 0.717) is 24.1 Å². The normalized spacial score (nSPS) is 11.6. The largest absolute Gasteiger partial charge is 0.357 e. The fourth-order valence-electron chi connectivity index (χ4n) is 2.40. The minimum absolute atomic E-state index is 0. The highest BCUT2D eigenvalue weighted by molar-refractivity contribution is 14.0. The van der Waals surface area contributed by atoms with E-state index in [9.17, 15) is 12.8 Å². The molecule has 0 unspecified atom stereocenters. The average molecular weight is 540 g/mol. The topological polar surface area (TPSA) is 70.6 Å². The van der Waals surface area contributed by atoms with Crippen molar-refractivity contribution in [1.82, 2.24) is 10.6 Å². The van der Waals surface area contributed by atoms with Crippen LogP contribution in [0.15, 0.2) is 58.4 Å².